The van der Waals surface area contributed by atoms with E-state index in [4.69, 9.17) is 31.6 Å². The molecule has 22 heteroatoms. The van der Waals surface area contributed by atoms with E-state index in [0.29, 0.717) is 4.57 Å². The van der Waals surface area contributed by atoms with E-state index in [-0.39, 0.29) is 0 Å². The van der Waals surface area contributed by atoms with Crippen LogP contribution in [0.4, 0.5) is 13.2 Å². The second kappa shape index (κ2) is 9.46. The van der Waals surface area contributed by atoms with E-state index in [1.54, 1.807) is 0 Å². The van der Waals surface area contributed by atoms with Crippen molar-refractivity contribution >= 4 is 35.7 Å². The maximum Gasteiger partial charge on any atom is 0.490 e. The third-order valence-electron chi connectivity index (χ3n) is 3.69. The Morgan fingerprint density at radius 1 is 1.16 bits per heavy atom. The van der Waals surface area contributed by atoms with Crippen molar-refractivity contribution in [2.24, 2.45) is 5.92 Å². The average Bonchev–Trinajstić information content (AvgIpc) is 2.86. The molecule has 1 aliphatic rings. The molecule has 0 aromatic carbocycles. The second-order valence-electron chi connectivity index (χ2n) is 6.03. The number of hydrogen-bond acceptors (Lipinski definition) is 10. The van der Waals surface area contributed by atoms with Crippen molar-refractivity contribution in [3.05, 3.63) is 27.4 Å². The first kappa shape index (κ1) is 27.5. The summed E-state index contributed by atoms with van der Waals surface area (Å²) in [6.45, 7) is -1.33. The van der Waals surface area contributed by atoms with Crippen molar-refractivity contribution in [3.8, 4) is 0 Å². The predicted molar refractivity (Wildman–Crippen MR) is 95.2 cm³/mol. The quantitative estimate of drug-likeness (QED) is 0.193. The monoisotopic (exact) mass is 552 g/mol. The van der Waals surface area contributed by atoms with Gasteiger partial charge in [0.25, 0.3) is 5.56 Å². The molecule has 3 unspecified atom stereocenters. The molecule has 1 saturated heterocycles. The number of aliphatic hydroxyl groups excluding tert-OH is 1. The lowest BCUT2D eigenvalue weighted by atomic mass is 9.99. The fraction of sp³-hybridized carbons (Fsp3) is 0.600. The van der Waals surface area contributed by atoms with Gasteiger partial charge in [-0.1, -0.05) is 0 Å². The zero-order valence-corrected chi connectivity index (χ0v) is 18.5. The number of phosphoric acid groups is 3. The van der Waals surface area contributed by atoms with Crippen molar-refractivity contribution < 1.29 is 69.4 Å². The van der Waals surface area contributed by atoms with E-state index >= 15 is 0 Å². The summed E-state index contributed by atoms with van der Waals surface area (Å²) in [4.78, 5) is 48.6. The van der Waals surface area contributed by atoms with Gasteiger partial charge in [0.2, 0.25) is 0 Å². The smallest absolute Gasteiger partial charge is 0.389 e. The Hall–Kier alpha value is -0.780. The number of rotatable bonds is 8. The minimum atomic E-state index is -5.86. The van der Waals surface area contributed by atoms with Crippen LogP contribution < -0.4 is 5.56 Å². The van der Waals surface area contributed by atoms with Crippen molar-refractivity contribution in [3.63, 3.8) is 0 Å². The third kappa shape index (κ3) is 7.36. The molecule has 6 atom stereocenters. The number of alkyl halides is 3. The maximum atomic E-state index is 13.5. The number of H-pyrrole nitrogens is 1. The summed E-state index contributed by atoms with van der Waals surface area (Å²) in [5.74, 6) is -2.66. The molecule has 1 aromatic heterocycles. The molecule has 184 valence electrons. The Bertz CT molecular complexity index is 1100. The van der Waals surface area contributed by atoms with Crippen LogP contribution in [0.5, 0.6) is 0 Å². The van der Waals surface area contributed by atoms with Gasteiger partial charge >= 0.3 is 29.6 Å². The molecule has 0 aliphatic carbocycles. The molecule has 15 nitrogen and oxygen atoms in total. The fourth-order valence-corrected chi connectivity index (χ4v) is 5.87. The van der Waals surface area contributed by atoms with Gasteiger partial charge in [-0.3, -0.25) is 18.9 Å². The summed E-state index contributed by atoms with van der Waals surface area (Å²) in [5, 5.41) is 10.1. The largest absolute Gasteiger partial charge is 0.490 e. The van der Waals surface area contributed by atoms with Gasteiger partial charge in [0.15, 0.2) is 11.0 Å². The first-order valence-corrected chi connectivity index (χ1v) is 12.7. The lowest BCUT2D eigenvalue weighted by Gasteiger charge is -2.24. The number of hydrogen-bond donors (Lipinski definition) is 6. The van der Waals surface area contributed by atoms with E-state index < -0.39 is 70.9 Å². The molecular formula is C10H14F3N2O13P3S. The maximum absolute atomic E-state index is 13.5. The Balaban J connectivity index is 2.21. The summed E-state index contributed by atoms with van der Waals surface area (Å²) < 4.78 is 90.4. The molecule has 0 amide bonds. The topological polar surface area (TPSA) is 227 Å². The Kier molecular flexibility index (Phi) is 8.12. The number of ether oxygens (including phenoxy) is 1. The van der Waals surface area contributed by atoms with Crippen molar-refractivity contribution in [2.45, 2.75) is 24.6 Å². The number of nitrogens with one attached hydrogen (secondary N) is 1. The van der Waals surface area contributed by atoms with Crippen LogP contribution in [0.25, 0.3) is 0 Å². The SMILES string of the molecule is O=c1ccn([C@@H]2O[C@H](COP(=O)(O)OP(=O)(O)OP(=O)(O)O)[C@H](O)C2C(F)(F)F)c(=S)[nH]1. The Morgan fingerprint density at radius 2 is 1.75 bits per heavy atom. The van der Waals surface area contributed by atoms with Crippen LogP contribution in [0.2, 0.25) is 0 Å². The Labute approximate surface area is 179 Å². The number of phosphoric ester groups is 1. The molecule has 2 rings (SSSR count). The molecule has 0 bridgehead atoms. The number of nitrogens with zero attached hydrogens (tertiary/aromatic N) is 1. The van der Waals surface area contributed by atoms with Crippen molar-refractivity contribution in [1.29, 1.82) is 0 Å². The van der Waals surface area contributed by atoms with E-state index in [0.717, 1.165) is 12.3 Å². The zero-order chi connectivity index (χ0) is 24.7. The molecule has 1 aliphatic heterocycles. The molecule has 1 aromatic rings. The van der Waals surface area contributed by atoms with E-state index in [1.807, 2.05) is 4.98 Å². The zero-order valence-electron chi connectivity index (χ0n) is 15.0. The molecule has 2 heterocycles. The predicted octanol–water partition coefficient (Wildman–Crippen LogP) is 0.686. The molecule has 1 fully saturated rings. The van der Waals surface area contributed by atoms with Gasteiger partial charge in [-0.25, -0.2) is 13.7 Å². The average molecular weight is 552 g/mol. The van der Waals surface area contributed by atoms with Crippen molar-refractivity contribution in [1.82, 2.24) is 9.55 Å². The van der Waals surface area contributed by atoms with Gasteiger partial charge in [0, 0.05) is 12.3 Å². The van der Waals surface area contributed by atoms with Gasteiger partial charge in [-0.05, 0) is 12.2 Å². The summed E-state index contributed by atoms with van der Waals surface area (Å²) >= 11 is 4.76. The van der Waals surface area contributed by atoms with E-state index in [1.165, 1.54) is 0 Å². The number of aliphatic hydroxyl groups is 1. The highest BCUT2D eigenvalue weighted by atomic mass is 32.1. The number of aromatic amines is 1. The molecule has 0 spiro atoms. The third-order valence-corrected chi connectivity index (χ3v) is 7.81. The molecule has 6 N–H and O–H groups in total. The van der Waals surface area contributed by atoms with Gasteiger partial charge in [-0.2, -0.15) is 21.8 Å². The van der Waals surface area contributed by atoms with Crippen LogP contribution >= 0.6 is 35.7 Å². The lowest BCUT2D eigenvalue weighted by Crippen LogP contribution is -2.39. The number of halogens is 3. The van der Waals surface area contributed by atoms with E-state index in [2.05, 4.69) is 13.1 Å². The molecule has 0 saturated carbocycles. The summed E-state index contributed by atoms with van der Waals surface area (Å²) in [6, 6.07) is 0.818. The standard InChI is InChI=1S/C10H14F3N2O13P3S/c11-10(12,13)6-7(17)4(26-8(6)15-2-1-5(16)14-9(15)32)3-25-30(21,22)28-31(23,24)27-29(18,19)20/h1-2,4,6-8,17H,3H2,(H,21,22)(H,23,24)(H,14,16,32)(H2,18,19,20)/t4-,6?,7+,8-/m1/s1. The highest BCUT2D eigenvalue weighted by Crippen LogP contribution is 2.66. The van der Waals surface area contributed by atoms with Crippen LogP contribution in [0, 0.1) is 10.7 Å². The van der Waals surface area contributed by atoms with E-state index in [9.17, 15) is 41.7 Å². The fourth-order valence-electron chi connectivity index (χ4n) is 2.57. The molecule has 32 heavy (non-hydrogen) atoms. The minimum Gasteiger partial charge on any atom is -0.389 e. The summed E-state index contributed by atoms with van der Waals surface area (Å²) in [6.07, 6.45) is -10.7. The van der Waals surface area contributed by atoms with Crippen LogP contribution in [-0.2, 0) is 31.6 Å². The highest BCUT2D eigenvalue weighted by molar-refractivity contribution is 7.71. The van der Waals surface area contributed by atoms with Crippen molar-refractivity contribution in [2.75, 3.05) is 6.61 Å². The van der Waals surface area contributed by atoms with Crippen LogP contribution in [0.1, 0.15) is 6.23 Å². The van der Waals surface area contributed by atoms with Crippen LogP contribution in [-0.4, -0.2) is 59.2 Å². The highest BCUT2D eigenvalue weighted by Gasteiger charge is 2.58. The summed E-state index contributed by atoms with van der Waals surface area (Å²) in [5.41, 5.74) is -0.738. The first-order chi connectivity index (χ1) is 14.3. The second-order valence-corrected chi connectivity index (χ2v) is 10.8. The van der Waals surface area contributed by atoms with Gasteiger partial charge < -0.3 is 29.4 Å². The Morgan fingerprint density at radius 3 is 2.25 bits per heavy atom. The summed E-state index contributed by atoms with van der Waals surface area (Å²) in [7, 11) is -17.2. The van der Waals surface area contributed by atoms with Crippen LogP contribution in [0.15, 0.2) is 17.1 Å². The lowest BCUT2D eigenvalue weighted by molar-refractivity contribution is -0.211. The normalized spacial score (nSPS) is 28.2. The van der Waals surface area contributed by atoms with Crippen LogP contribution in [0.3, 0.4) is 0 Å². The molecule has 0 radical (unpaired) electrons. The molecular weight excluding hydrogens is 538 g/mol. The van der Waals surface area contributed by atoms with Gasteiger partial charge in [0.1, 0.15) is 12.0 Å². The number of aromatic nitrogens is 2. The first-order valence-electron chi connectivity index (χ1n) is 7.81. The minimum absolute atomic E-state index is 0.502. The van der Waals surface area contributed by atoms with Gasteiger partial charge in [-0.15, -0.1) is 0 Å². The van der Waals surface area contributed by atoms with Gasteiger partial charge in [0.05, 0.1) is 12.7 Å².